The van der Waals surface area contributed by atoms with Gasteiger partial charge in [0.25, 0.3) is 0 Å². The number of hydrogen-bond donors (Lipinski definition) is 0. The summed E-state index contributed by atoms with van der Waals surface area (Å²) in [6.07, 6.45) is 0. The summed E-state index contributed by atoms with van der Waals surface area (Å²) in [7, 11) is 1.21. The Hall–Kier alpha value is -1.69. The summed E-state index contributed by atoms with van der Waals surface area (Å²) in [4.78, 5) is 24.4. The Labute approximate surface area is 90.0 Å². The van der Waals surface area contributed by atoms with E-state index in [1.165, 1.54) is 19.2 Å². The molecule has 6 nitrogen and oxygen atoms in total. The number of halogens is 1. The molecule has 0 spiro atoms. The van der Waals surface area contributed by atoms with E-state index in [0.29, 0.717) is 0 Å². The molecule has 0 saturated carbocycles. The van der Waals surface area contributed by atoms with Gasteiger partial charge in [-0.15, -0.1) is 0 Å². The summed E-state index contributed by atoms with van der Waals surface area (Å²) in [5, 5.41) is 10.2. The molecule has 0 aliphatic rings. The lowest BCUT2D eigenvalue weighted by atomic mass is 10.2. The van der Waals surface area contributed by atoms with Crippen LogP contribution in [0.2, 0.25) is 5.15 Å². The molecular weight excluding hydrogens is 224 g/mol. The number of carbonyl (C=O) groups is 1. The molecule has 1 aromatic heterocycles. The Balaban J connectivity index is 2.97. The third-order valence-corrected chi connectivity index (χ3v) is 1.95. The van der Waals surface area contributed by atoms with Gasteiger partial charge in [-0.1, -0.05) is 11.6 Å². The summed E-state index contributed by atoms with van der Waals surface area (Å²) >= 11 is 5.65. The van der Waals surface area contributed by atoms with Gasteiger partial charge in [0, 0.05) is 4.92 Å². The minimum absolute atomic E-state index is 0.0228. The molecule has 1 heterocycles. The summed E-state index contributed by atoms with van der Waals surface area (Å²) in [6, 6.07) is 2.71. The highest BCUT2D eigenvalue weighted by molar-refractivity contribution is 6.30. The van der Waals surface area contributed by atoms with Gasteiger partial charge in [0.1, 0.15) is 10.8 Å². The van der Waals surface area contributed by atoms with Gasteiger partial charge in [0.15, 0.2) is 0 Å². The van der Waals surface area contributed by atoms with Crippen molar-refractivity contribution >= 4 is 17.6 Å². The predicted molar refractivity (Wildman–Crippen MR) is 51.3 cm³/mol. The summed E-state index contributed by atoms with van der Waals surface area (Å²) < 4.78 is 4.42. The molecule has 0 unspecified atom stereocenters. The Morgan fingerprint density at radius 3 is 2.80 bits per heavy atom. The van der Waals surface area contributed by atoms with Crippen LogP contribution in [0.15, 0.2) is 12.1 Å². The van der Waals surface area contributed by atoms with Crippen molar-refractivity contribution < 1.29 is 14.5 Å². The average Bonchev–Trinajstić information content (AvgIpc) is 2.19. The lowest BCUT2D eigenvalue weighted by Gasteiger charge is -2.01. The molecule has 15 heavy (non-hydrogen) atoms. The van der Waals surface area contributed by atoms with Crippen LogP contribution in [0.1, 0.15) is 16.1 Å². The molecule has 0 bridgehead atoms. The predicted octanol–water partition coefficient (Wildman–Crippen LogP) is 1.30. The van der Waals surface area contributed by atoms with Crippen LogP contribution in [-0.2, 0) is 11.3 Å². The Morgan fingerprint density at radius 2 is 2.33 bits per heavy atom. The van der Waals surface area contributed by atoms with Gasteiger partial charge < -0.3 is 4.74 Å². The molecule has 0 amide bonds. The second kappa shape index (κ2) is 4.70. The number of ether oxygens (including phenoxy) is 1. The molecule has 0 atom stereocenters. The topological polar surface area (TPSA) is 82.3 Å². The number of nitrogens with zero attached hydrogens (tertiary/aromatic N) is 2. The van der Waals surface area contributed by atoms with E-state index in [2.05, 4.69) is 9.72 Å². The molecule has 7 heteroatoms. The first-order chi connectivity index (χ1) is 7.04. The fourth-order valence-corrected chi connectivity index (χ4v) is 1.15. The fourth-order valence-electron chi connectivity index (χ4n) is 0.938. The Kier molecular flexibility index (Phi) is 3.56. The zero-order valence-electron chi connectivity index (χ0n) is 7.77. The number of hydrogen-bond acceptors (Lipinski definition) is 5. The number of nitro groups is 1. The number of pyridine rings is 1. The van der Waals surface area contributed by atoms with Crippen molar-refractivity contribution in [1.82, 2.24) is 4.98 Å². The highest BCUT2D eigenvalue weighted by Crippen LogP contribution is 2.15. The minimum Gasteiger partial charge on any atom is -0.464 e. The molecule has 0 saturated heterocycles. The molecule has 0 N–H and O–H groups in total. The second-order valence-corrected chi connectivity index (χ2v) is 2.99. The quantitative estimate of drug-likeness (QED) is 0.338. The van der Waals surface area contributed by atoms with Crippen LogP contribution in [0.25, 0.3) is 0 Å². The Bertz CT molecular complexity index is 408. The number of methoxy groups -OCH3 is 1. The molecule has 1 rings (SSSR count). The van der Waals surface area contributed by atoms with Gasteiger partial charge >= 0.3 is 5.97 Å². The molecule has 80 valence electrons. The van der Waals surface area contributed by atoms with Crippen molar-refractivity contribution in [1.29, 1.82) is 0 Å². The first-order valence-corrected chi connectivity index (χ1v) is 4.28. The van der Waals surface area contributed by atoms with Gasteiger partial charge in [-0.25, -0.2) is 9.78 Å². The molecule has 0 aliphatic carbocycles. The first-order valence-electron chi connectivity index (χ1n) is 3.90. The van der Waals surface area contributed by atoms with E-state index in [-0.39, 0.29) is 16.4 Å². The molecule has 0 fully saturated rings. The van der Waals surface area contributed by atoms with Crippen molar-refractivity contribution in [3.05, 3.63) is 38.7 Å². The molecular formula is C8H7ClN2O4. The van der Waals surface area contributed by atoms with E-state index >= 15 is 0 Å². The maximum Gasteiger partial charge on any atom is 0.356 e. The van der Waals surface area contributed by atoms with Crippen LogP contribution in [0.3, 0.4) is 0 Å². The minimum atomic E-state index is -0.635. The van der Waals surface area contributed by atoms with Crippen LogP contribution in [0.4, 0.5) is 0 Å². The van der Waals surface area contributed by atoms with Crippen molar-refractivity contribution in [3.63, 3.8) is 0 Å². The highest BCUT2D eigenvalue weighted by Gasteiger charge is 2.13. The van der Waals surface area contributed by atoms with Crippen LogP contribution < -0.4 is 0 Å². The largest absolute Gasteiger partial charge is 0.464 e. The van der Waals surface area contributed by atoms with Crippen LogP contribution in [0.5, 0.6) is 0 Å². The highest BCUT2D eigenvalue weighted by atomic mass is 35.5. The van der Waals surface area contributed by atoms with Crippen molar-refractivity contribution in [2.75, 3.05) is 7.11 Å². The van der Waals surface area contributed by atoms with E-state index in [4.69, 9.17) is 11.6 Å². The van der Waals surface area contributed by atoms with E-state index in [0.717, 1.165) is 0 Å². The lowest BCUT2D eigenvalue weighted by molar-refractivity contribution is -0.496. The Morgan fingerprint density at radius 1 is 1.67 bits per heavy atom. The normalized spacial score (nSPS) is 9.73. The molecule has 1 aromatic rings. The standard InChI is InChI=1S/C8H7ClN2O4/c1-15-8(12)6-3-2-5(4-11(13)14)7(9)10-6/h2-3H,4H2,1H3. The molecule has 0 aromatic carbocycles. The van der Waals surface area contributed by atoms with E-state index in [9.17, 15) is 14.9 Å². The van der Waals surface area contributed by atoms with Crippen LogP contribution in [0, 0.1) is 10.1 Å². The van der Waals surface area contributed by atoms with E-state index < -0.39 is 17.4 Å². The van der Waals surface area contributed by atoms with Crippen LogP contribution >= 0.6 is 11.6 Å². The number of rotatable bonds is 3. The maximum atomic E-state index is 11.0. The average molecular weight is 231 g/mol. The van der Waals surface area contributed by atoms with Gasteiger partial charge in [0.2, 0.25) is 6.54 Å². The third kappa shape index (κ3) is 2.88. The third-order valence-electron chi connectivity index (χ3n) is 1.62. The molecule has 0 radical (unpaired) electrons. The van der Waals surface area contributed by atoms with Crippen molar-refractivity contribution in [2.45, 2.75) is 6.54 Å². The lowest BCUT2D eigenvalue weighted by Crippen LogP contribution is -2.06. The number of aromatic nitrogens is 1. The van der Waals surface area contributed by atoms with Crippen molar-refractivity contribution in [2.24, 2.45) is 0 Å². The van der Waals surface area contributed by atoms with Gasteiger partial charge in [-0.05, 0) is 12.1 Å². The fraction of sp³-hybridized carbons (Fsp3) is 0.250. The smallest absolute Gasteiger partial charge is 0.356 e. The van der Waals surface area contributed by atoms with Gasteiger partial charge in [-0.3, -0.25) is 10.1 Å². The number of esters is 1. The van der Waals surface area contributed by atoms with Gasteiger partial charge in [-0.2, -0.15) is 0 Å². The zero-order valence-corrected chi connectivity index (χ0v) is 8.52. The molecule has 0 aliphatic heterocycles. The number of carbonyl (C=O) groups excluding carboxylic acids is 1. The summed E-state index contributed by atoms with van der Waals surface area (Å²) in [6.45, 7) is -0.423. The maximum absolute atomic E-state index is 11.0. The van der Waals surface area contributed by atoms with E-state index in [1.54, 1.807) is 0 Å². The van der Waals surface area contributed by atoms with Crippen molar-refractivity contribution in [3.8, 4) is 0 Å². The zero-order chi connectivity index (χ0) is 11.4. The monoisotopic (exact) mass is 230 g/mol. The second-order valence-electron chi connectivity index (χ2n) is 2.63. The SMILES string of the molecule is COC(=O)c1ccc(C[N+](=O)[O-])c(Cl)n1. The van der Waals surface area contributed by atoms with Gasteiger partial charge in [0.05, 0.1) is 12.7 Å². The summed E-state index contributed by atoms with van der Waals surface area (Å²) in [5.41, 5.74) is 0.281. The van der Waals surface area contributed by atoms with E-state index in [1.807, 2.05) is 0 Å². The summed E-state index contributed by atoms with van der Waals surface area (Å²) in [5.74, 6) is -0.635. The first kappa shape index (κ1) is 11.4. The van der Waals surface area contributed by atoms with Crippen LogP contribution in [-0.4, -0.2) is 23.0 Å².